The van der Waals surface area contributed by atoms with Crippen LogP contribution in [0, 0.1) is 0 Å². The van der Waals surface area contributed by atoms with Crippen molar-refractivity contribution in [3.8, 4) is 0 Å². The first-order chi connectivity index (χ1) is 5.07. The summed E-state index contributed by atoms with van der Waals surface area (Å²) >= 11 is 0.469. The molecule has 0 aliphatic heterocycles. The monoisotopic (exact) mass is 180 g/mol. The first kappa shape index (κ1) is 10.4. The first-order valence-corrected chi connectivity index (χ1v) is 3.74. The Bertz CT molecular complexity index is 157. The van der Waals surface area contributed by atoms with Gasteiger partial charge in [0.15, 0.2) is 0 Å². The molecule has 0 aliphatic rings. The van der Waals surface area contributed by atoms with E-state index in [9.17, 15) is 9.59 Å². The maximum absolute atomic E-state index is 10.6. The van der Waals surface area contributed by atoms with Crippen molar-refractivity contribution in [3.05, 3.63) is 0 Å². The number of aliphatic hydroxyl groups excluding tert-OH is 2. The van der Waals surface area contributed by atoms with E-state index in [-0.39, 0.29) is 0 Å². The van der Waals surface area contributed by atoms with Gasteiger partial charge in [0.1, 0.15) is 6.10 Å². The van der Waals surface area contributed by atoms with Crippen LogP contribution in [0.1, 0.15) is 0 Å². The summed E-state index contributed by atoms with van der Waals surface area (Å²) in [6.07, 6.45) is -1.47. The summed E-state index contributed by atoms with van der Waals surface area (Å²) in [5, 5.41) is 24.2. The molecule has 0 fully saturated rings. The molecule has 64 valence electrons. The van der Waals surface area contributed by atoms with Crippen LogP contribution < -0.4 is 0 Å². The van der Waals surface area contributed by atoms with Crippen molar-refractivity contribution in [1.82, 2.24) is 0 Å². The molecule has 0 aromatic carbocycles. The molecule has 0 amide bonds. The summed E-state index contributed by atoms with van der Waals surface area (Å²) in [6.45, 7) is -0.675. The summed E-state index contributed by atoms with van der Waals surface area (Å²) in [5.41, 5.74) is 0. The van der Waals surface area contributed by atoms with Crippen LogP contribution in [0.4, 0.5) is 0 Å². The van der Waals surface area contributed by atoms with Gasteiger partial charge in [-0.3, -0.25) is 9.59 Å². The number of hydrogen-bond donors (Lipinski definition) is 3. The lowest BCUT2D eigenvalue weighted by Crippen LogP contribution is -2.22. The van der Waals surface area contributed by atoms with Crippen molar-refractivity contribution in [3.63, 3.8) is 0 Å². The van der Waals surface area contributed by atoms with E-state index in [1.54, 1.807) is 0 Å². The molecular formula is C5H8O5S. The van der Waals surface area contributed by atoms with Crippen LogP contribution in [0.2, 0.25) is 0 Å². The minimum absolute atomic E-state index is 0.393. The topological polar surface area (TPSA) is 94.8 Å². The smallest absolute Gasteiger partial charge is 0.313 e. The van der Waals surface area contributed by atoms with Crippen LogP contribution in [0.3, 0.4) is 0 Å². The number of aliphatic carboxylic acids is 1. The van der Waals surface area contributed by atoms with Crippen LogP contribution in [0.15, 0.2) is 0 Å². The molecule has 0 aliphatic carbocycles. The van der Waals surface area contributed by atoms with Crippen LogP contribution in [0.25, 0.3) is 0 Å². The van der Waals surface area contributed by atoms with E-state index < -0.39 is 29.5 Å². The van der Waals surface area contributed by atoms with Gasteiger partial charge >= 0.3 is 5.97 Å². The number of carboxylic acids is 1. The molecule has 0 saturated heterocycles. The predicted molar refractivity (Wildman–Crippen MR) is 38.2 cm³/mol. The molecule has 0 aromatic rings. The number of carbonyl (C=O) groups is 2. The van der Waals surface area contributed by atoms with Crippen LogP contribution >= 0.6 is 11.8 Å². The molecular weight excluding hydrogens is 172 g/mol. The molecule has 0 saturated carbocycles. The molecule has 11 heavy (non-hydrogen) atoms. The van der Waals surface area contributed by atoms with Gasteiger partial charge in [-0.1, -0.05) is 11.8 Å². The predicted octanol–water partition coefficient (Wildman–Crippen LogP) is -1.32. The summed E-state index contributed by atoms with van der Waals surface area (Å²) < 4.78 is 0. The molecule has 3 N–H and O–H groups in total. The van der Waals surface area contributed by atoms with Crippen molar-refractivity contribution in [2.24, 2.45) is 0 Å². The number of carbonyl (C=O) groups excluding carboxylic acids is 1. The third-order valence-corrected chi connectivity index (χ3v) is 1.73. The van der Waals surface area contributed by atoms with E-state index in [0.717, 1.165) is 0 Å². The van der Waals surface area contributed by atoms with Gasteiger partial charge < -0.3 is 15.3 Å². The van der Waals surface area contributed by atoms with Crippen molar-refractivity contribution >= 4 is 22.8 Å². The van der Waals surface area contributed by atoms with Gasteiger partial charge in [-0.15, -0.1) is 0 Å². The summed E-state index contributed by atoms with van der Waals surface area (Å²) in [6, 6.07) is 0. The molecule has 0 heterocycles. The average Bonchev–Trinajstić information content (AvgIpc) is 1.98. The Labute approximate surface area is 67.0 Å². The van der Waals surface area contributed by atoms with Gasteiger partial charge in [0, 0.05) is 0 Å². The zero-order chi connectivity index (χ0) is 8.85. The first-order valence-electron chi connectivity index (χ1n) is 2.75. The maximum Gasteiger partial charge on any atom is 0.313 e. The number of thioether (sulfide) groups is 1. The van der Waals surface area contributed by atoms with Crippen molar-refractivity contribution in [1.29, 1.82) is 0 Å². The minimum Gasteiger partial charge on any atom is -0.481 e. The number of rotatable bonds is 4. The van der Waals surface area contributed by atoms with E-state index in [4.69, 9.17) is 15.3 Å². The number of carboxylic acid groups (broad SMARTS) is 1. The highest BCUT2D eigenvalue weighted by Gasteiger charge is 2.15. The Hall–Kier alpha value is -0.590. The van der Waals surface area contributed by atoms with Gasteiger partial charge in [-0.05, 0) is 0 Å². The van der Waals surface area contributed by atoms with Crippen molar-refractivity contribution < 1.29 is 24.9 Å². The van der Waals surface area contributed by atoms with E-state index >= 15 is 0 Å². The van der Waals surface area contributed by atoms with Crippen molar-refractivity contribution in [2.75, 3.05) is 12.4 Å². The Kier molecular flexibility index (Phi) is 4.84. The van der Waals surface area contributed by atoms with E-state index in [0.29, 0.717) is 11.8 Å². The van der Waals surface area contributed by atoms with E-state index in [2.05, 4.69) is 0 Å². The normalized spacial score (nSPS) is 12.5. The SMILES string of the molecule is O=C(O)CSC(=O)C(O)CO. The second-order valence-electron chi connectivity index (χ2n) is 1.70. The molecule has 1 unspecified atom stereocenters. The third-order valence-electron chi connectivity index (χ3n) is 0.783. The largest absolute Gasteiger partial charge is 0.481 e. The fourth-order valence-corrected chi connectivity index (χ4v) is 0.836. The average molecular weight is 180 g/mol. The van der Waals surface area contributed by atoms with Crippen molar-refractivity contribution in [2.45, 2.75) is 6.10 Å². The standard InChI is InChI=1S/C5H8O5S/c6-1-3(7)5(10)11-2-4(8)9/h3,6-7H,1-2H2,(H,8,9). The highest BCUT2D eigenvalue weighted by Crippen LogP contribution is 2.04. The van der Waals surface area contributed by atoms with Gasteiger partial charge in [0.25, 0.3) is 0 Å². The van der Waals surface area contributed by atoms with E-state index in [1.807, 2.05) is 0 Å². The molecule has 0 rings (SSSR count). The Morgan fingerprint density at radius 2 is 2.00 bits per heavy atom. The van der Waals surface area contributed by atoms with Gasteiger partial charge in [-0.25, -0.2) is 0 Å². The number of aliphatic hydroxyl groups is 2. The quantitative estimate of drug-likeness (QED) is 0.497. The summed E-state index contributed by atoms with van der Waals surface area (Å²) in [5.74, 6) is -1.52. The highest BCUT2D eigenvalue weighted by molar-refractivity contribution is 8.14. The minimum atomic E-state index is -1.47. The Balaban J connectivity index is 3.60. The van der Waals surface area contributed by atoms with Crippen LogP contribution in [-0.2, 0) is 9.59 Å². The molecule has 0 bridgehead atoms. The summed E-state index contributed by atoms with van der Waals surface area (Å²) in [4.78, 5) is 20.5. The molecule has 6 heteroatoms. The zero-order valence-electron chi connectivity index (χ0n) is 5.56. The lowest BCUT2D eigenvalue weighted by molar-refractivity contribution is -0.134. The Morgan fingerprint density at radius 1 is 1.45 bits per heavy atom. The van der Waals surface area contributed by atoms with Crippen LogP contribution in [0.5, 0.6) is 0 Å². The second-order valence-corrected chi connectivity index (χ2v) is 2.68. The lowest BCUT2D eigenvalue weighted by atomic mass is 10.4. The maximum atomic E-state index is 10.6. The second kappa shape index (κ2) is 5.11. The van der Waals surface area contributed by atoms with E-state index in [1.165, 1.54) is 0 Å². The van der Waals surface area contributed by atoms with Crippen LogP contribution in [-0.4, -0.2) is 44.9 Å². The number of hydrogen-bond acceptors (Lipinski definition) is 5. The molecule has 5 nitrogen and oxygen atoms in total. The Morgan fingerprint density at radius 3 is 2.36 bits per heavy atom. The highest BCUT2D eigenvalue weighted by atomic mass is 32.2. The third kappa shape index (κ3) is 4.77. The fourth-order valence-electron chi connectivity index (χ4n) is 0.304. The molecule has 1 atom stereocenters. The zero-order valence-corrected chi connectivity index (χ0v) is 6.37. The van der Waals surface area contributed by atoms with Gasteiger partial charge in [0.2, 0.25) is 5.12 Å². The fraction of sp³-hybridized carbons (Fsp3) is 0.600. The van der Waals surface area contributed by atoms with Gasteiger partial charge in [0.05, 0.1) is 12.4 Å². The molecule has 0 spiro atoms. The molecule has 0 aromatic heterocycles. The lowest BCUT2D eigenvalue weighted by Gasteiger charge is -2.02. The molecule has 0 radical (unpaired) electrons. The van der Waals surface area contributed by atoms with Gasteiger partial charge in [-0.2, -0.15) is 0 Å². The summed E-state index contributed by atoms with van der Waals surface area (Å²) in [7, 11) is 0.